The summed E-state index contributed by atoms with van der Waals surface area (Å²) in [5.41, 5.74) is 1.12. The maximum Gasteiger partial charge on any atom is 0.208 e. The van der Waals surface area contributed by atoms with E-state index >= 15 is 0 Å². The number of benzene rings is 1. The molecule has 1 heterocycles. The standard InChI is InChI=1S/C13H16FN3OS2/c1-7-5-11(9(8(2)18)6-10(7)14)19-13-16-15-12(20-13)17(3)4/h5-6,8,18H,1-4H3/t8-/m1/s1. The lowest BCUT2D eigenvalue weighted by molar-refractivity contribution is 0.196. The first-order valence-corrected chi connectivity index (χ1v) is 7.68. The summed E-state index contributed by atoms with van der Waals surface area (Å²) in [5.74, 6) is -0.309. The topological polar surface area (TPSA) is 49.2 Å². The summed E-state index contributed by atoms with van der Waals surface area (Å²) < 4.78 is 14.4. The van der Waals surface area contributed by atoms with Crippen molar-refractivity contribution in [2.24, 2.45) is 0 Å². The van der Waals surface area contributed by atoms with Crippen molar-refractivity contribution < 1.29 is 9.50 Å². The van der Waals surface area contributed by atoms with Crippen LogP contribution in [-0.2, 0) is 0 Å². The molecule has 4 nitrogen and oxygen atoms in total. The number of nitrogens with zero attached hydrogens (tertiary/aromatic N) is 3. The fourth-order valence-electron chi connectivity index (χ4n) is 1.60. The second kappa shape index (κ2) is 6.07. The van der Waals surface area contributed by atoms with Crippen molar-refractivity contribution in [1.29, 1.82) is 0 Å². The van der Waals surface area contributed by atoms with Crippen LogP contribution in [0.3, 0.4) is 0 Å². The van der Waals surface area contributed by atoms with Crippen LogP contribution >= 0.6 is 23.1 Å². The lowest BCUT2D eigenvalue weighted by atomic mass is 10.1. The summed E-state index contributed by atoms with van der Waals surface area (Å²) in [7, 11) is 3.80. The summed E-state index contributed by atoms with van der Waals surface area (Å²) in [6, 6.07) is 3.12. The predicted octanol–water partition coefficient (Wildman–Crippen LogP) is 3.26. The van der Waals surface area contributed by atoms with Gasteiger partial charge in [-0.2, -0.15) is 0 Å². The molecule has 7 heteroatoms. The number of halogens is 1. The molecule has 0 unspecified atom stereocenters. The second-order valence-electron chi connectivity index (χ2n) is 4.66. The number of anilines is 1. The minimum absolute atomic E-state index is 0.309. The smallest absolute Gasteiger partial charge is 0.208 e. The van der Waals surface area contributed by atoms with Gasteiger partial charge in [0.25, 0.3) is 0 Å². The molecule has 0 spiro atoms. The van der Waals surface area contributed by atoms with Gasteiger partial charge in [0.15, 0.2) is 4.34 Å². The van der Waals surface area contributed by atoms with E-state index in [2.05, 4.69) is 10.2 Å². The summed E-state index contributed by atoms with van der Waals surface area (Å²) in [4.78, 5) is 2.69. The molecule has 1 atom stereocenters. The normalized spacial score (nSPS) is 12.5. The Bertz CT molecular complexity index is 614. The molecule has 0 aliphatic rings. The number of aryl methyl sites for hydroxylation is 1. The van der Waals surface area contributed by atoms with Crippen molar-refractivity contribution in [2.75, 3.05) is 19.0 Å². The molecule has 20 heavy (non-hydrogen) atoms. The van der Waals surface area contributed by atoms with Gasteiger partial charge < -0.3 is 10.0 Å². The van der Waals surface area contributed by atoms with Gasteiger partial charge in [-0.3, -0.25) is 0 Å². The van der Waals surface area contributed by atoms with E-state index in [1.54, 1.807) is 19.9 Å². The number of hydrogen-bond acceptors (Lipinski definition) is 6. The molecule has 0 amide bonds. The van der Waals surface area contributed by atoms with E-state index in [0.717, 1.165) is 14.4 Å². The minimum Gasteiger partial charge on any atom is -0.389 e. The molecule has 108 valence electrons. The Morgan fingerprint density at radius 3 is 2.60 bits per heavy atom. The zero-order valence-electron chi connectivity index (χ0n) is 11.7. The Hall–Kier alpha value is -1.18. The highest BCUT2D eigenvalue weighted by Gasteiger charge is 2.15. The van der Waals surface area contributed by atoms with Crippen molar-refractivity contribution in [3.8, 4) is 0 Å². The Balaban J connectivity index is 2.34. The van der Waals surface area contributed by atoms with E-state index in [9.17, 15) is 9.50 Å². The highest BCUT2D eigenvalue weighted by atomic mass is 32.2. The van der Waals surface area contributed by atoms with E-state index in [4.69, 9.17) is 0 Å². The maximum absolute atomic E-state index is 13.6. The minimum atomic E-state index is -0.728. The lowest BCUT2D eigenvalue weighted by Crippen LogP contribution is -2.07. The number of rotatable bonds is 4. The van der Waals surface area contributed by atoms with Crippen LogP contribution in [-0.4, -0.2) is 29.4 Å². The first-order chi connectivity index (χ1) is 9.38. The molecular weight excluding hydrogens is 297 g/mol. The molecule has 0 saturated heterocycles. The van der Waals surface area contributed by atoms with Gasteiger partial charge in [-0.15, -0.1) is 10.2 Å². The van der Waals surface area contributed by atoms with Crippen LogP contribution in [0.2, 0.25) is 0 Å². The first-order valence-electron chi connectivity index (χ1n) is 6.05. The van der Waals surface area contributed by atoms with Crippen molar-refractivity contribution >= 4 is 28.2 Å². The van der Waals surface area contributed by atoms with E-state index < -0.39 is 6.10 Å². The molecule has 0 bridgehead atoms. The Morgan fingerprint density at radius 2 is 2.05 bits per heavy atom. The average molecular weight is 313 g/mol. The summed E-state index contributed by atoms with van der Waals surface area (Å²) in [6.07, 6.45) is -0.728. The Morgan fingerprint density at radius 1 is 1.35 bits per heavy atom. The Labute approximate surface area is 125 Å². The van der Waals surface area contributed by atoms with Crippen LogP contribution in [0, 0.1) is 12.7 Å². The molecule has 2 aromatic rings. The SMILES string of the molecule is Cc1cc(Sc2nnc(N(C)C)s2)c([C@@H](C)O)cc1F. The fraction of sp³-hybridized carbons (Fsp3) is 0.385. The fourth-order valence-corrected chi connectivity index (χ4v) is 3.62. The van der Waals surface area contributed by atoms with Gasteiger partial charge in [0, 0.05) is 19.0 Å². The van der Waals surface area contributed by atoms with Crippen LogP contribution in [0.25, 0.3) is 0 Å². The summed E-state index contributed by atoms with van der Waals surface area (Å²) >= 11 is 2.85. The molecule has 2 rings (SSSR count). The predicted molar refractivity (Wildman–Crippen MR) is 80.1 cm³/mol. The molecule has 1 aromatic heterocycles. The second-order valence-corrected chi connectivity index (χ2v) is 6.91. The largest absolute Gasteiger partial charge is 0.389 e. The van der Waals surface area contributed by atoms with Gasteiger partial charge in [0.1, 0.15) is 5.82 Å². The van der Waals surface area contributed by atoms with Crippen LogP contribution in [0.4, 0.5) is 9.52 Å². The van der Waals surface area contributed by atoms with Gasteiger partial charge in [-0.1, -0.05) is 23.1 Å². The van der Waals surface area contributed by atoms with E-state index in [1.807, 2.05) is 19.0 Å². The summed E-state index contributed by atoms with van der Waals surface area (Å²) in [5, 5.41) is 18.7. The Kier molecular flexibility index (Phi) is 4.62. The average Bonchev–Trinajstić information content (AvgIpc) is 2.82. The van der Waals surface area contributed by atoms with Crippen LogP contribution < -0.4 is 4.90 Å². The van der Waals surface area contributed by atoms with Crippen LogP contribution in [0.5, 0.6) is 0 Å². The van der Waals surface area contributed by atoms with Gasteiger partial charge in [0.05, 0.1) is 6.10 Å². The number of hydrogen-bond donors (Lipinski definition) is 1. The molecule has 1 aromatic carbocycles. The third-order valence-corrected chi connectivity index (χ3v) is 4.93. The number of aromatic nitrogens is 2. The lowest BCUT2D eigenvalue weighted by Gasteiger charge is -2.12. The van der Waals surface area contributed by atoms with Crippen molar-refractivity contribution in [1.82, 2.24) is 10.2 Å². The molecule has 0 aliphatic heterocycles. The first kappa shape index (κ1) is 15.2. The van der Waals surface area contributed by atoms with Crippen molar-refractivity contribution in [2.45, 2.75) is 29.2 Å². The molecule has 0 saturated carbocycles. The molecular formula is C13H16FN3OS2. The molecule has 0 aliphatic carbocycles. The molecule has 0 radical (unpaired) electrons. The summed E-state index contributed by atoms with van der Waals surface area (Å²) in [6.45, 7) is 3.33. The van der Waals surface area contributed by atoms with E-state index in [1.165, 1.54) is 29.2 Å². The zero-order valence-corrected chi connectivity index (χ0v) is 13.3. The third kappa shape index (κ3) is 3.28. The van der Waals surface area contributed by atoms with Crippen LogP contribution in [0.1, 0.15) is 24.2 Å². The van der Waals surface area contributed by atoms with Gasteiger partial charge in [-0.25, -0.2) is 4.39 Å². The van der Waals surface area contributed by atoms with Gasteiger partial charge in [0.2, 0.25) is 5.13 Å². The van der Waals surface area contributed by atoms with Gasteiger partial charge >= 0.3 is 0 Å². The highest BCUT2D eigenvalue weighted by molar-refractivity contribution is 8.01. The van der Waals surface area contributed by atoms with Crippen molar-refractivity contribution in [3.05, 3.63) is 29.1 Å². The third-order valence-electron chi connectivity index (χ3n) is 2.72. The number of aliphatic hydroxyl groups is 1. The quantitative estimate of drug-likeness (QED) is 0.939. The van der Waals surface area contributed by atoms with E-state index in [0.29, 0.717) is 11.1 Å². The monoisotopic (exact) mass is 313 g/mol. The van der Waals surface area contributed by atoms with Crippen molar-refractivity contribution in [3.63, 3.8) is 0 Å². The van der Waals surface area contributed by atoms with Gasteiger partial charge in [-0.05, 0) is 37.1 Å². The van der Waals surface area contributed by atoms with E-state index in [-0.39, 0.29) is 5.82 Å². The highest BCUT2D eigenvalue weighted by Crippen LogP contribution is 2.37. The maximum atomic E-state index is 13.6. The number of aliphatic hydroxyl groups excluding tert-OH is 1. The van der Waals surface area contributed by atoms with Crippen LogP contribution in [0.15, 0.2) is 21.4 Å². The molecule has 1 N–H and O–H groups in total. The molecule has 0 fully saturated rings. The zero-order chi connectivity index (χ0) is 14.9.